The largest absolute Gasteiger partial charge is 0.397 e. The highest BCUT2D eigenvalue weighted by molar-refractivity contribution is 6.05. The van der Waals surface area contributed by atoms with E-state index in [0.717, 1.165) is 11.3 Å². The Hall–Kier alpha value is -3.84. The summed E-state index contributed by atoms with van der Waals surface area (Å²) in [7, 11) is 1.60. The maximum Gasteiger partial charge on any atom is 0.322 e. The SMILES string of the molecule is COCCN(Cc1ccc(C(=O)Nc2ccccc2N)cc1)C(=O)Nc1ccccc1. The lowest BCUT2D eigenvalue weighted by Gasteiger charge is -2.23. The number of hydrogen-bond acceptors (Lipinski definition) is 4. The van der Waals surface area contributed by atoms with Gasteiger partial charge >= 0.3 is 6.03 Å². The molecule has 7 nitrogen and oxygen atoms in total. The minimum atomic E-state index is -0.248. The van der Waals surface area contributed by atoms with Crippen LogP contribution < -0.4 is 16.4 Å². The number of nitrogens with two attached hydrogens (primary N) is 1. The van der Waals surface area contributed by atoms with Crippen LogP contribution in [0.5, 0.6) is 0 Å². The molecule has 0 bridgehead atoms. The van der Waals surface area contributed by atoms with Gasteiger partial charge < -0.3 is 26.0 Å². The van der Waals surface area contributed by atoms with E-state index in [1.54, 1.807) is 36.3 Å². The first-order chi connectivity index (χ1) is 15.1. The van der Waals surface area contributed by atoms with Crippen LogP contribution in [0.2, 0.25) is 0 Å². The molecule has 3 amide bonds. The number of benzene rings is 3. The van der Waals surface area contributed by atoms with Gasteiger partial charge in [0, 0.05) is 31.5 Å². The number of carbonyl (C=O) groups excluding carboxylic acids is 2. The summed E-state index contributed by atoms with van der Waals surface area (Å²) in [5.74, 6) is -0.248. The van der Waals surface area contributed by atoms with Gasteiger partial charge in [-0.1, -0.05) is 42.5 Å². The zero-order valence-electron chi connectivity index (χ0n) is 17.4. The number of rotatable bonds is 8. The second-order valence-electron chi connectivity index (χ2n) is 6.95. The fourth-order valence-corrected chi connectivity index (χ4v) is 2.97. The maximum atomic E-state index is 12.7. The number of hydrogen-bond donors (Lipinski definition) is 3. The number of anilines is 3. The van der Waals surface area contributed by atoms with E-state index < -0.39 is 0 Å². The molecule has 0 saturated carbocycles. The molecule has 3 aromatic carbocycles. The zero-order valence-corrected chi connectivity index (χ0v) is 17.4. The topological polar surface area (TPSA) is 96.7 Å². The Morgan fingerprint density at radius 1 is 0.903 bits per heavy atom. The molecule has 160 valence electrons. The third-order valence-corrected chi connectivity index (χ3v) is 4.68. The molecule has 0 aliphatic carbocycles. The monoisotopic (exact) mass is 418 g/mol. The van der Waals surface area contributed by atoms with E-state index in [2.05, 4.69) is 10.6 Å². The van der Waals surface area contributed by atoms with E-state index in [1.165, 1.54) is 0 Å². The summed E-state index contributed by atoms with van der Waals surface area (Å²) in [6, 6.07) is 23.3. The molecular formula is C24H26N4O3. The van der Waals surface area contributed by atoms with E-state index >= 15 is 0 Å². The number of urea groups is 1. The molecule has 0 aromatic heterocycles. The Labute approximate surface area is 181 Å². The van der Waals surface area contributed by atoms with Crippen molar-refractivity contribution in [1.29, 1.82) is 0 Å². The van der Waals surface area contributed by atoms with E-state index in [-0.39, 0.29) is 11.9 Å². The first-order valence-corrected chi connectivity index (χ1v) is 9.91. The zero-order chi connectivity index (χ0) is 22.1. The van der Waals surface area contributed by atoms with Gasteiger partial charge in [-0.3, -0.25) is 4.79 Å². The molecule has 0 unspecified atom stereocenters. The van der Waals surface area contributed by atoms with Gasteiger partial charge in [-0.25, -0.2) is 4.79 Å². The smallest absolute Gasteiger partial charge is 0.322 e. The number of methoxy groups -OCH3 is 1. The van der Waals surface area contributed by atoms with Gasteiger partial charge in [0.2, 0.25) is 0 Å². The minimum absolute atomic E-state index is 0.218. The highest BCUT2D eigenvalue weighted by atomic mass is 16.5. The molecule has 4 N–H and O–H groups in total. The van der Waals surface area contributed by atoms with Crippen molar-refractivity contribution in [3.8, 4) is 0 Å². The normalized spacial score (nSPS) is 10.4. The molecular weight excluding hydrogens is 392 g/mol. The van der Waals surface area contributed by atoms with Gasteiger partial charge in [0.05, 0.1) is 18.0 Å². The van der Waals surface area contributed by atoms with Crippen molar-refractivity contribution in [2.45, 2.75) is 6.54 Å². The first-order valence-electron chi connectivity index (χ1n) is 9.91. The molecule has 3 aromatic rings. The molecule has 0 fully saturated rings. The van der Waals surface area contributed by atoms with E-state index in [0.29, 0.717) is 36.6 Å². The highest BCUT2D eigenvalue weighted by Crippen LogP contribution is 2.18. The summed E-state index contributed by atoms with van der Waals surface area (Å²) in [6.07, 6.45) is 0. The Kier molecular flexibility index (Phi) is 7.61. The number of nitrogen functional groups attached to an aromatic ring is 1. The van der Waals surface area contributed by atoms with E-state index in [1.807, 2.05) is 54.6 Å². The third-order valence-electron chi connectivity index (χ3n) is 4.68. The molecule has 7 heteroatoms. The van der Waals surface area contributed by atoms with Crippen LogP contribution in [-0.2, 0) is 11.3 Å². The predicted octanol–water partition coefficient (Wildman–Crippen LogP) is 4.20. The number of ether oxygens (including phenoxy) is 1. The number of para-hydroxylation sites is 3. The molecule has 0 atom stereocenters. The second kappa shape index (κ2) is 10.8. The summed E-state index contributed by atoms with van der Waals surface area (Å²) in [4.78, 5) is 26.9. The van der Waals surface area contributed by atoms with Crippen LogP contribution in [0.1, 0.15) is 15.9 Å². The lowest BCUT2D eigenvalue weighted by atomic mass is 10.1. The minimum Gasteiger partial charge on any atom is -0.397 e. The van der Waals surface area contributed by atoms with Gasteiger partial charge in [-0.2, -0.15) is 0 Å². The van der Waals surface area contributed by atoms with Crippen LogP contribution in [0, 0.1) is 0 Å². The van der Waals surface area contributed by atoms with Crippen molar-refractivity contribution in [2.75, 3.05) is 36.6 Å². The van der Waals surface area contributed by atoms with Crippen molar-refractivity contribution in [3.05, 3.63) is 90.0 Å². The second-order valence-corrected chi connectivity index (χ2v) is 6.95. The Morgan fingerprint density at radius 3 is 2.26 bits per heavy atom. The van der Waals surface area contributed by atoms with E-state index in [4.69, 9.17) is 10.5 Å². The summed E-state index contributed by atoms with van der Waals surface area (Å²) < 4.78 is 5.14. The van der Waals surface area contributed by atoms with Crippen molar-refractivity contribution in [2.24, 2.45) is 0 Å². The van der Waals surface area contributed by atoms with Crippen molar-refractivity contribution >= 4 is 29.0 Å². The summed E-state index contributed by atoms with van der Waals surface area (Å²) in [5.41, 5.74) is 9.08. The molecule has 0 aliphatic rings. The maximum absolute atomic E-state index is 12.7. The van der Waals surface area contributed by atoms with Gasteiger partial charge in [-0.15, -0.1) is 0 Å². The van der Waals surface area contributed by atoms with Crippen LogP contribution in [0.4, 0.5) is 21.9 Å². The summed E-state index contributed by atoms with van der Waals surface area (Å²) in [6.45, 7) is 1.24. The number of carbonyl (C=O) groups is 2. The molecule has 0 aliphatic heterocycles. The van der Waals surface area contributed by atoms with Crippen LogP contribution >= 0.6 is 0 Å². The number of nitrogens with one attached hydrogen (secondary N) is 2. The van der Waals surface area contributed by atoms with Crippen molar-refractivity contribution < 1.29 is 14.3 Å². The van der Waals surface area contributed by atoms with Gasteiger partial charge in [-0.05, 0) is 42.0 Å². The Bertz CT molecular complexity index is 1010. The van der Waals surface area contributed by atoms with Crippen LogP contribution in [0.25, 0.3) is 0 Å². The molecule has 0 radical (unpaired) electrons. The molecule has 0 saturated heterocycles. The Morgan fingerprint density at radius 2 is 1.58 bits per heavy atom. The standard InChI is InChI=1S/C24H26N4O3/c1-31-16-15-28(24(30)26-20-7-3-2-4-8-20)17-18-11-13-19(14-12-18)23(29)27-22-10-6-5-9-21(22)25/h2-14H,15-17,25H2,1H3,(H,26,30)(H,27,29). The van der Waals surface area contributed by atoms with Crippen LogP contribution in [-0.4, -0.2) is 37.1 Å². The molecule has 3 rings (SSSR count). The summed E-state index contributed by atoms with van der Waals surface area (Å²) in [5, 5.41) is 5.69. The van der Waals surface area contributed by atoms with Gasteiger partial charge in [0.1, 0.15) is 0 Å². The van der Waals surface area contributed by atoms with Crippen LogP contribution in [0.15, 0.2) is 78.9 Å². The summed E-state index contributed by atoms with van der Waals surface area (Å²) >= 11 is 0. The average molecular weight is 418 g/mol. The molecule has 0 heterocycles. The third kappa shape index (κ3) is 6.32. The molecule has 0 spiro atoms. The average Bonchev–Trinajstić information content (AvgIpc) is 2.79. The fourth-order valence-electron chi connectivity index (χ4n) is 2.97. The highest BCUT2D eigenvalue weighted by Gasteiger charge is 2.15. The lowest BCUT2D eigenvalue weighted by Crippen LogP contribution is -2.36. The van der Waals surface area contributed by atoms with Crippen molar-refractivity contribution in [3.63, 3.8) is 0 Å². The van der Waals surface area contributed by atoms with Gasteiger partial charge in [0.25, 0.3) is 5.91 Å². The Balaban J connectivity index is 1.65. The predicted molar refractivity (Wildman–Crippen MR) is 123 cm³/mol. The molecule has 31 heavy (non-hydrogen) atoms. The first kappa shape index (κ1) is 21.9. The van der Waals surface area contributed by atoms with Crippen LogP contribution in [0.3, 0.4) is 0 Å². The van der Waals surface area contributed by atoms with E-state index in [9.17, 15) is 9.59 Å². The number of amides is 3. The van der Waals surface area contributed by atoms with Gasteiger partial charge in [0.15, 0.2) is 0 Å². The lowest BCUT2D eigenvalue weighted by molar-refractivity contribution is 0.102. The quantitative estimate of drug-likeness (QED) is 0.478. The fraction of sp³-hybridized carbons (Fsp3) is 0.167. The number of nitrogens with zero attached hydrogens (tertiary/aromatic N) is 1. The van der Waals surface area contributed by atoms with Crippen molar-refractivity contribution in [1.82, 2.24) is 4.90 Å².